The van der Waals surface area contributed by atoms with Gasteiger partial charge < -0.3 is 15.0 Å². The minimum atomic E-state index is -3.53. The van der Waals surface area contributed by atoms with Crippen molar-refractivity contribution < 1.29 is 13.2 Å². The molecule has 7 heteroatoms. The molecule has 0 atom stereocenters. The summed E-state index contributed by atoms with van der Waals surface area (Å²) in [5, 5.41) is 0. The molecule has 1 fully saturated rings. The van der Waals surface area contributed by atoms with Gasteiger partial charge in [-0.15, -0.1) is 0 Å². The van der Waals surface area contributed by atoms with Crippen molar-refractivity contribution in [3.8, 4) is 0 Å². The molecule has 20 heavy (non-hydrogen) atoms. The number of sulfonamides is 1. The third kappa shape index (κ3) is 3.41. The predicted molar refractivity (Wildman–Crippen MR) is 76.9 cm³/mol. The number of nitrogens with one attached hydrogen (secondary N) is 1. The van der Waals surface area contributed by atoms with Crippen LogP contribution in [0.5, 0.6) is 0 Å². The van der Waals surface area contributed by atoms with Crippen molar-refractivity contribution in [1.82, 2.24) is 9.29 Å². The largest absolute Gasteiger partial charge is 0.377 e. The number of nitrogens with zero attached hydrogens (tertiary/aromatic N) is 1. The van der Waals surface area contributed by atoms with Gasteiger partial charge in [-0.05, 0) is 32.8 Å². The minimum Gasteiger partial charge on any atom is -0.377 e. The van der Waals surface area contributed by atoms with Gasteiger partial charge in [-0.2, -0.15) is 0 Å². The highest BCUT2D eigenvalue weighted by atomic mass is 32.2. The van der Waals surface area contributed by atoms with Gasteiger partial charge in [0.1, 0.15) is 0 Å². The van der Waals surface area contributed by atoms with E-state index in [4.69, 9.17) is 10.5 Å². The standard InChI is InChI=1S/C13H23N3O3S/c1-13(2,19-3)9-15-20(17,18)12-6-11(7-14)16(8-12)10-4-5-10/h6,8,10,15H,4-5,7,9,14H2,1-3H3. The molecule has 1 saturated carbocycles. The zero-order valence-electron chi connectivity index (χ0n) is 12.2. The molecule has 0 amide bonds. The lowest BCUT2D eigenvalue weighted by Crippen LogP contribution is -2.39. The molecule has 0 unspecified atom stereocenters. The first kappa shape index (κ1) is 15.5. The van der Waals surface area contributed by atoms with Gasteiger partial charge in [0.25, 0.3) is 0 Å². The van der Waals surface area contributed by atoms with Crippen LogP contribution in [0.1, 0.15) is 38.4 Å². The third-order valence-corrected chi connectivity index (χ3v) is 4.98. The lowest BCUT2D eigenvalue weighted by atomic mass is 10.1. The maximum atomic E-state index is 12.3. The van der Waals surface area contributed by atoms with Crippen molar-refractivity contribution in [3.63, 3.8) is 0 Å². The molecule has 0 aromatic carbocycles. The van der Waals surface area contributed by atoms with Crippen molar-refractivity contribution in [2.75, 3.05) is 13.7 Å². The number of aromatic nitrogens is 1. The topological polar surface area (TPSA) is 86.3 Å². The molecule has 0 aliphatic heterocycles. The van der Waals surface area contributed by atoms with E-state index in [1.807, 2.05) is 18.4 Å². The zero-order chi connectivity index (χ0) is 15.0. The fraction of sp³-hybridized carbons (Fsp3) is 0.692. The number of nitrogens with two attached hydrogens (primary N) is 1. The van der Waals surface area contributed by atoms with Crippen LogP contribution in [-0.2, 0) is 21.3 Å². The molecule has 0 saturated heterocycles. The summed E-state index contributed by atoms with van der Waals surface area (Å²) in [6.45, 7) is 4.22. The van der Waals surface area contributed by atoms with Gasteiger partial charge in [-0.25, -0.2) is 13.1 Å². The van der Waals surface area contributed by atoms with Crippen molar-refractivity contribution in [3.05, 3.63) is 18.0 Å². The Bertz CT molecular complexity index is 574. The number of hydrogen-bond donors (Lipinski definition) is 2. The predicted octanol–water partition coefficient (Wildman–Crippen LogP) is 0.985. The second-order valence-electron chi connectivity index (χ2n) is 5.80. The van der Waals surface area contributed by atoms with Crippen LogP contribution in [0.4, 0.5) is 0 Å². The molecule has 1 aliphatic carbocycles. The van der Waals surface area contributed by atoms with Gasteiger partial charge in [0.2, 0.25) is 10.0 Å². The Morgan fingerprint density at radius 1 is 1.50 bits per heavy atom. The summed E-state index contributed by atoms with van der Waals surface area (Å²) in [4.78, 5) is 0.275. The molecule has 1 aromatic heterocycles. The average molecular weight is 301 g/mol. The maximum absolute atomic E-state index is 12.3. The van der Waals surface area contributed by atoms with Crippen molar-refractivity contribution in [2.24, 2.45) is 5.73 Å². The van der Waals surface area contributed by atoms with Crippen molar-refractivity contribution in [2.45, 2.75) is 49.8 Å². The van der Waals surface area contributed by atoms with Crippen LogP contribution in [-0.4, -0.2) is 32.2 Å². The summed E-state index contributed by atoms with van der Waals surface area (Å²) < 4.78 is 34.4. The first-order valence-electron chi connectivity index (χ1n) is 6.75. The molecule has 1 heterocycles. The van der Waals surface area contributed by atoms with Crippen LogP contribution in [0, 0.1) is 0 Å². The first-order valence-corrected chi connectivity index (χ1v) is 8.23. The smallest absolute Gasteiger partial charge is 0.242 e. The molecule has 114 valence electrons. The van der Waals surface area contributed by atoms with Crippen LogP contribution in [0.15, 0.2) is 17.2 Å². The molecule has 0 spiro atoms. The summed E-state index contributed by atoms with van der Waals surface area (Å²) in [5.74, 6) is 0. The Morgan fingerprint density at radius 3 is 2.65 bits per heavy atom. The van der Waals surface area contributed by atoms with Gasteiger partial charge in [0.05, 0.1) is 10.5 Å². The van der Waals surface area contributed by atoms with E-state index in [0.29, 0.717) is 12.6 Å². The molecule has 1 aliphatic rings. The Kier molecular flexibility index (Phi) is 4.24. The van der Waals surface area contributed by atoms with Crippen LogP contribution in [0.3, 0.4) is 0 Å². The third-order valence-electron chi connectivity index (χ3n) is 3.61. The van der Waals surface area contributed by atoms with E-state index in [2.05, 4.69) is 4.72 Å². The van der Waals surface area contributed by atoms with E-state index in [0.717, 1.165) is 18.5 Å². The second-order valence-corrected chi connectivity index (χ2v) is 7.57. The Hall–Kier alpha value is -0.890. The molecule has 2 rings (SSSR count). The monoisotopic (exact) mass is 301 g/mol. The Morgan fingerprint density at radius 2 is 2.15 bits per heavy atom. The zero-order valence-corrected chi connectivity index (χ0v) is 13.0. The van der Waals surface area contributed by atoms with Gasteiger partial charge in [-0.1, -0.05) is 0 Å². The SMILES string of the molecule is COC(C)(C)CNS(=O)(=O)c1cc(CN)n(C2CC2)c1. The molecule has 6 nitrogen and oxygen atoms in total. The fourth-order valence-corrected chi connectivity index (χ4v) is 3.17. The number of ether oxygens (including phenoxy) is 1. The van der Waals surface area contributed by atoms with Crippen LogP contribution >= 0.6 is 0 Å². The minimum absolute atomic E-state index is 0.221. The first-order chi connectivity index (χ1) is 9.29. The second kappa shape index (κ2) is 5.48. The molecule has 1 aromatic rings. The van der Waals surface area contributed by atoms with E-state index in [9.17, 15) is 8.42 Å². The van der Waals surface area contributed by atoms with Crippen LogP contribution in [0.2, 0.25) is 0 Å². The molecule has 0 bridgehead atoms. The van der Waals surface area contributed by atoms with Gasteiger partial charge in [-0.3, -0.25) is 0 Å². The summed E-state index contributed by atoms with van der Waals surface area (Å²) in [7, 11) is -1.97. The quantitative estimate of drug-likeness (QED) is 0.786. The summed E-state index contributed by atoms with van der Waals surface area (Å²) in [6, 6.07) is 2.06. The van der Waals surface area contributed by atoms with Gasteiger partial charge in [0, 0.05) is 38.1 Å². The highest BCUT2D eigenvalue weighted by molar-refractivity contribution is 7.89. The molecule has 0 radical (unpaired) electrons. The van der Waals surface area contributed by atoms with Crippen LogP contribution < -0.4 is 10.5 Å². The fourth-order valence-electron chi connectivity index (χ4n) is 1.92. The van der Waals surface area contributed by atoms with Crippen LogP contribution in [0.25, 0.3) is 0 Å². The van der Waals surface area contributed by atoms with Gasteiger partial charge in [0.15, 0.2) is 0 Å². The summed E-state index contributed by atoms with van der Waals surface area (Å²) in [6.07, 6.45) is 3.86. The van der Waals surface area contributed by atoms with Gasteiger partial charge >= 0.3 is 0 Å². The highest BCUT2D eigenvalue weighted by Crippen LogP contribution is 2.37. The van der Waals surface area contributed by atoms with Crippen molar-refractivity contribution >= 4 is 10.0 Å². The molecule has 3 N–H and O–H groups in total. The number of methoxy groups -OCH3 is 1. The Labute approximate surface area is 120 Å². The van der Waals surface area contributed by atoms with Crippen molar-refractivity contribution in [1.29, 1.82) is 0 Å². The van der Waals surface area contributed by atoms with E-state index in [1.54, 1.807) is 19.4 Å². The molecular weight excluding hydrogens is 278 g/mol. The number of rotatable bonds is 7. The lowest BCUT2D eigenvalue weighted by molar-refractivity contribution is 0.0276. The maximum Gasteiger partial charge on any atom is 0.242 e. The number of hydrogen-bond acceptors (Lipinski definition) is 4. The van der Waals surface area contributed by atoms with E-state index in [1.165, 1.54) is 0 Å². The normalized spacial score (nSPS) is 16.6. The Balaban J connectivity index is 2.17. The van der Waals surface area contributed by atoms with E-state index < -0.39 is 15.6 Å². The average Bonchev–Trinajstić information content (AvgIpc) is 3.15. The van der Waals surface area contributed by atoms with E-state index >= 15 is 0 Å². The summed E-state index contributed by atoms with van der Waals surface area (Å²) in [5.41, 5.74) is 6.00. The molecular formula is C13H23N3O3S. The van der Waals surface area contributed by atoms with E-state index in [-0.39, 0.29) is 11.4 Å². The highest BCUT2D eigenvalue weighted by Gasteiger charge is 2.28. The lowest BCUT2D eigenvalue weighted by Gasteiger charge is -2.22. The summed E-state index contributed by atoms with van der Waals surface area (Å²) >= 11 is 0.